The van der Waals surface area contributed by atoms with Crippen LogP contribution in [0.25, 0.3) is 0 Å². The number of benzene rings is 1. The third-order valence-electron chi connectivity index (χ3n) is 8.95. The van der Waals surface area contributed by atoms with E-state index in [4.69, 9.17) is 5.73 Å². The summed E-state index contributed by atoms with van der Waals surface area (Å²) in [5.74, 6) is -0.606. The van der Waals surface area contributed by atoms with E-state index in [0.717, 1.165) is 25.3 Å². The molecular formula is C23H26F3N4O6S-. The summed E-state index contributed by atoms with van der Waals surface area (Å²) in [7, 11) is 0. The number of amides is 2. The summed E-state index contributed by atoms with van der Waals surface area (Å²) < 4.78 is 66.1. The van der Waals surface area contributed by atoms with Crippen molar-refractivity contribution in [2.24, 2.45) is 28.9 Å². The molecular weight excluding hydrogens is 517 g/mol. The molecule has 6 rings (SSSR count). The number of primary amides is 1. The molecule has 5 aliphatic carbocycles. The van der Waals surface area contributed by atoms with Gasteiger partial charge in [-0.3, -0.25) is 28.2 Å². The zero-order valence-electron chi connectivity index (χ0n) is 19.7. The fraction of sp³-hybridized carbons (Fsp3) is 0.652. The Labute approximate surface area is 212 Å². The lowest BCUT2D eigenvalue weighted by Crippen LogP contribution is -2.68. The van der Waals surface area contributed by atoms with Gasteiger partial charge in [0.05, 0.1) is 10.6 Å². The maximum absolute atomic E-state index is 13.7. The Morgan fingerprint density at radius 2 is 1.78 bits per heavy atom. The van der Waals surface area contributed by atoms with Crippen LogP contribution in [-0.4, -0.2) is 37.1 Å². The molecule has 0 heterocycles. The summed E-state index contributed by atoms with van der Waals surface area (Å²) in [6.45, 7) is 0. The zero-order valence-corrected chi connectivity index (χ0v) is 20.5. The number of halogens is 3. The first-order chi connectivity index (χ1) is 17.3. The van der Waals surface area contributed by atoms with Crippen molar-refractivity contribution in [3.8, 4) is 0 Å². The smallest absolute Gasteiger partial charge is 0.423 e. The van der Waals surface area contributed by atoms with Crippen LogP contribution in [0.3, 0.4) is 0 Å². The number of nitrogens with one attached hydrogen (secondary N) is 1. The predicted octanol–water partition coefficient (Wildman–Crippen LogP) is 2.93. The summed E-state index contributed by atoms with van der Waals surface area (Å²) in [6, 6.07) is 1.62. The van der Waals surface area contributed by atoms with Crippen molar-refractivity contribution >= 4 is 34.5 Å². The van der Waals surface area contributed by atoms with E-state index in [2.05, 4.69) is 5.32 Å². The van der Waals surface area contributed by atoms with E-state index in [0.29, 0.717) is 41.6 Å². The van der Waals surface area contributed by atoms with Crippen molar-refractivity contribution in [2.45, 2.75) is 69.1 Å². The predicted molar refractivity (Wildman–Crippen MR) is 123 cm³/mol. The van der Waals surface area contributed by atoms with Gasteiger partial charge in [0.1, 0.15) is 11.1 Å². The first-order valence-corrected chi connectivity index (χ1v) is 13.2. The molecule has 202 valence electrons. The van der Waals surface area contributed by atoms with Crippen LogP contribution in [0.5, 0.6) is 0 Å². The minimum Gasteiger partial charge on any atom is -0.755 e. The van der Waals surface area contributed by atoms with E-state index < -0.39 is 56.2 Å². The Hall–Kier alpha value is -2.74. The largest absolute Gasteiger partial charge is 0.755 e. The van der Waals surface area contributed by atoms with Crippen molar-refractivity contribution in [1.29, 1.82) is 0 Å². The molecule has 3 atom stereocenters. The lowest BCUT2D eigenvalue weighted by molar-refractivity contribution is -0.388. The Morgan fingerprint density at radius 1 is 1.16 bits per heavy atom. The average Bonchev–Trinajstić information content (AvgIpc) is 2.76. The number of alkyl halides is 3. The van der Waals surface area contributed by atoms with Gasteiger partial charge in [0.25, 0.3) is 5.69 Å². The van der Waals surface area contributed by atoms with E-state index in [1.165, 1.54) is 0 Å². The van der Waals surface area contributed by atoms with Gasteiger partial charge in [0.2, 0.25) is 11.8 Å². The third-order valence-corrected chi connectivity index (χ3v) is 9.81. The maximum atomic E-state index is 13.7. The maximum Gasteiger partial charge on any atom is 0.423 e. The first kappa shape index (κ1) is 25.9. The second kappa shape index (κ2) is 8.65. The number of carbonyl (C=O) groups excluding carboxylic acids is 2. The number of nitrogens with two attached hydrogens (primary N) is 1. The topological polar surface area (TPSA) is 159 Å². The van der Waals surface area contributed by atoms with Gasteiger partial charge in [0, 0.05) is 28.8 Å². The monoisotopic (exact) mass is 543 g/mol. The number of nitrogens with zero attached hydrogens (tertiary/aromatic N) is 2. The van der Waals surface area contributed by atoms with Gasteiger partial charge in [-0.2, -0.15) is 13.2 Å². The summed E-state index contributed by atoms with van der Waals surface area (Å²) in [5.41, 5.74) is 0.207. The molecule has 3 unspecified atom stereocenters. The molecule has 0 aromatic heterocycles. The minimum atomic E-state index is -5.11. The van der Waals surface area contributed by atoms with Crippen molar-refractivity contribution < 1.29 is 36.4 Å². The highest BCUT2D eigenvalue weighted by atomic mass is 32.2. The highest BCUT2D eigenvalue weighted by molar-refractivity contribution is 7.80. The number of rotatable bonds is 7. The fourth-order valence-electron chi connectivity index (χ4n) is 7.39. The van der Waals surface area contributed by atoms with Crippen molar-refractivity contribution in [2.75, 3.05) is 4.31 Å². The Morgan fingerprint density at radius 3 is 2.24 bits per heavy atom. The van der Waals surface area contributed by atoms with E-state index in [-0.39, 0.29) is 36.6 Å². The number of nitro groups is 1. The quantitative estimate of drug-likeness (QED) is 0.306. The number of hydrogen-bond donors (Lipinski definition) is 2. The molecule has 1 aromatic rings. The van der Waals surface area contributed by atoms with Gasteiger partial charge < -0.3 is 15.6 Å². The molecule has 5 saturated carbocycles. The van der Waals surface area contributed by atoms with Gasteiger partial charge >= 0.3 is 6.18 Å². The number of carbonyl (C=O) groups is 2. The van der Waals surface area contributed by atoms with Crippen LogP contribution in [0.2, 0.25) is 0 Å². The highest BCUT2D eigenvalue weighted by Gasteiger charge is 2.59. The minimum absolute atomic E-state index is 0.00207. The molecule has 10 nitrogen and oxygen atoms in total. The molecule has 0 radical (unpaired) electrons. The van der Waals surface area contributed by atoms with Crippen LogP contribution in [0, 0.1) is 33.3 Å². The lowest BCUT2D eigenvalue weighted by atomic mass is 9.47. The summed E-state index contributed by atoms with van der Waals surface area (Å²) in [4.78, 5) is 35.8. The fourth-order valence-corrected chi connectivity index (χ4v) is 8.23. The van der Waals surface area contributed by atoms with Gasteiger partial charge in [-0.15, -0.1) is 0 Å². The van der Waals surface area contributed by atoms with Crippen molar-refractivity contribution in [3.05, 3.63) is 33.9 Å². The Kier molecular flexibility index (Phi) is 6.05. The zero-order chi connectivity index (χ0) is 26.9. The van der Waals surface area contributed by atoms with Gasteiger partial charge in [-0.05, 0) is 81.3 Å². The van der Waals surface area contributed by atoms with Crippen LogP contribution >= 0.6 is 0 Å². The molecule has 14 heteroatoms. The van der Waals surface area contributed by atoms with E-state index in [1.54, 1.807) is 0 Å². The van der Waals surface area contributed by atoms with E-state index in [9.17, 15) is 41.6 Å². The van der Waals surface area contributed by atoms with Gasteiger partial charge in [-0.1, -0.05) is 0 Å². The molecule has 0 spiro atoms. The van der Waals surface area contributed by atoms with E-state index >= 15 is 0 Å². The molecule has 0 aliphatic heterocycles. The third kappa shape index (κ3) is 4.08. The Balaban J connectivity index is 1.45. The molecule has 5 aliphatic rings. The first-order valence-electron chi connectivity index (χ1n) is 12.1. The SMILES string of the molecule is NC(=O)C12CC3CC(C1)C(NC(=O)C1(N(c4ccc([N+](=O)[O-])c(C(F)(F)F)c4)S(=O)[O-])CCC1)C(C3)C2. The molecule has 3 N–H and O–H groups in total. The van der Waals surface area contributed by atoms with Gasteiger partial charge in [-0.25, -0.2) is 0 Å². The van der Waals surface area contributed by atoms with Crippen LogP contribution in [0.15, 0.2) is 18.2 Å². The molecule has 1 aromatic carbocycles. The molecule has 37 heavy (non-hydrogen) atoms. The van der Waals surface area contributed by atoms with Crippen LogP contribution in [0.4, 0.5) is 24.5 Å². The lowest BCUT2D eigenvalue weighted by Gasteiger charge is -2.59. The summed E-state index contributed by atoms with van der Waals surface area (Å²) in [6.07, 6.45) is -1.00. The highest BCUT2D eigenvalue weighted by Crippen LogP contribution is 2.60. The van der Waals surface area contributed by atoms with E-state index in [1.807, 2.05) is 0 Å². The molecule has 4 bridgehead atoms. The summed E-state index contributed by atoms with van der Waals surface area (Å²) in [5, 5.41) is 14.1. The van der Waals surface area contributed by atoms with Crippen LogP contribution in [-0.2, 0) is 27.0 Å². The van der Waals surface area contributed by atoms with Crippen molar-refractivity contribution in [1.82, 2.24) is 5.32 Å². The number of nitro benzene ring substituents is 1. The molecule has 0 saturated heterocycles. The van der Waals surface area contributed by atoms with Crippen molar-refractivity contribution in [3.63, 3.8) is 0 Å². The average molecular weight is 544 g/mol. The molecule has 5 fully saturated rings. The Bertz CT molecular complexity index is 1170. The normalized spacial score (nSPS) is 32.3. The van der Waals surface area contributed by atoms with Crippen LogP contribution in [0.1, 0.15) is 56.9 Å². The second-order valence-electron chi connectivity index (χ2n) is 11.0. The second-order valence-corrected chi connectivity index (χ2v) is 11.8. The number of anilines is 1. The molecule has 2 amide bonds. The summed E-state index contributed by atoms with van der Waals surface area (Å²) >= 11 is -3.14. The van der Waals surface area contributed by atoms with Gasteiger partial charge in [0.15, 0.2) is 0 Å². The van der Waals surface area contributed by atoms with Crippen LogP contribution < -0.4 is 15.4 Å². The standard InChI is InChI=1S/C23H27F3N4O6S/c24-23(25,26)16-8-15(2-3-17(16)30(33)34)29(37(35)36)22(4-1-5-22)20(32)28-18-13-6-12-7-14(18)11-21(9-12,10-13)19(27)31/h2-3,8,12-14,18H,1,4-7,9-11H2,(H2,27,31)(H,28,32)(H,35,36)/p-1. The number of hydrogen-bond acceptors (Lipinski definition) is 6.